The number of carbonyl (C=O) groups is 1. The summed E-state index contributed by atoms with van der Waals surface area (Å²) in [5, 5.41) is 0. The van der Waals surface area contributed by atoms with E-state index in [1.807, 2.05) is 25.1 Å². The van der Waals surface area contributed by atoms with Crippen LogP contribution in [0.4, 0.5) is 5.69 Å². The molecule has 1 aromatic rings. The van der Waals surface area contributed by atoms with Crippen LogP contribution in [0.2, 0.25) is 0 Å². The van der Waals surface area contributed by atoms with Crippen LogP contribution in [-0.4, -0.2) is 23.9 Å². The monoisotopic (exact) mass is 230 g/mol. The lowest BCUT2D eigenvalue weighted by Crippen LogP contribution is -2.23. The lowest BCUT2D eigenvalue weighted by molar-refractivity contribution is 0.0983. The maximum absolute atomic E-state index is 11.4. The summed E-state index contributed by atoms with van der Waals surface area (Å²) < 4.78 is 0. The molecule has 0 saturated carbocycles. The van der Waals surface area contributed by atoms with Gasteiger partial charge in [-0.1, -0.05) is 19.1 Å². The van der Waals surface area contributed by atoms with E-state index in [9.17, 15) is 4.79 Å². The van der Waals surface area contributed by atoms with Crippen LogP contribution >= 0.6 is 0 Å². The molecule has 17 heavy (non-hydrogen) atoms. The molecule has 0 spiro atoms. The number of anilines is 1. The number of nitrogens with zero attached hydrogens (tertiary/aromatic N) is 2. The summed E-state index contributed by atoms with van der Waals surface area (Å²) in [6.45, 7) is 10.7. The van der Waals surface area contributed by atoms with Crippen LogP contribution in [0.25, 0.3) is 0 Å². The Morgan fingerprint density at radius 3 is 2.41 bits per heavy atom. The minimum absolute atomic E-state index is 0.0653. The Balaban J connectivity index is 2.86. The van der Waals surface area contributed by atoms with Gasteiger partial charge in [-0.3, -0.25) is 9.78 Å². The van der Waals surface area contributed by atoms with Gasteiger partial charge in [0.2, 0.25) is 0 Å². The zero-order valence-electron chi connectivity index (χ0n) is 10.2. The van der Waals surface area contributed by atoms with Gasteiger partial charge in [0.1, 0.15) is 5.69 Å². The molecular formula is C14H18N2O. The molecule has 0 radical (unpaired) electrons. The minimum Gasteiger partial charge on any atom is -0.363 e. The number of aromatic nitrogens is 1. The molecule has 3 heteroatoms. The molecule has 0 aliphatic carbocycles. The quantitative estimate of drug-likeness (QED) is 0.533. The van der Waals surface area contributed by atoms with Crippen LogP contribution in [0.15, 0.2) is 43.6 Å². The van der Waals surface area contributed by atoms with E-state index in [1.165, 1.54) is 0 Å². The summed E-state index contributed by atoms with van der Waals surface area (Å²) in [5.41, 5.74) is 1.49. The molecule has 0 aromatic carbocycles. The van der Waals surface area contributed by atoms with Crippen molar-refractivity contribution in [1.82, 2.24) is 4.98 Å². The Labute approximate surface area is 102 Å². The molecule has 1 rings (SSSR count). The topological polar surface area (TPSA) is 33.2 Å². The van der Waals surface area contributed by atoms with Crippen molar-refractivity contribution in [2.75, 3.05) is 18.0 Å². The van der Waals surface area contributed by atoms with E-state index < -0.39 is 0 Å². The first-order chi connectivity index (χ1) is 8.22. The highest BCUT2D eigenvalue weighted by atomic mass is 16.1. The van der Waals surface area contributed by atoms with Gasteiger partial charge in [-0.05, 0) is 12.1 Å². The van der Waals surface area contributed by atoms with Gasteiger partial charge in [-0.15, -0.1) is 13.2 Å². The van der Waals surface area contributed by atoms with Crippen molar-refractivity contribution >= 4 is 11.5 Å². The average molecular weight is 230 g/mol. The lowest BCUT2D eigenvalue weighted by atomic mass is 10.2. The molecule has 0 fully saturated rings. The third-order valence-corrected chi connectivity index (χ3v) is 2.42. The molecular weight excluding hydrogens is 212 g/mol. The number of hydrogen-bond donors (Lipinski definition) is 0. The maximum atomic E-state index is 11.4. The van der Waals surface area contributed by atoms with E-state index >= 15 is 0 Å². The highest BCUT2D eigenvalue weighted by molar-refractivity contribution is 5.94. The Bertz CT molecular complexity index is 385. The summed E-state index contributed by atoms with van der Waals surface area (Å²) in [5.74, 6) is 0.0653. The van der Waals surface area contributed by atoms with Crippen molar-refractivity contribution < 1.29 is 4.79 Å². The zero-order valence-corrected chi connectivity index (χ0v) is 10.2. The van der Waals surface area contributed by atoms with Crippen LogP contribution < -0.4 is 4.90 Å². The van der Waals surface area contributed by atoms with Crippen LogP contribution in [0.5, 0.6) is 0 Å². The zero-order chi connectivity index (χ0) is 12.7. The Kier molecular flexibility index (Phi) is 5.14. The molecule has 1 heterocycles. The molecule has 0 aliphatic rings. The van der Waals surface area contributed by atoms with Gasteiger partial charge in [0.05, 0.1) is 11.9 Å². The number of ketones is 1. The molecule has 0 amide bonds. The van der Waals surface area contributed by atoms with Crippen molar-refractivity contribution in [3.8, 4) is 0 Å². The first-order valence-corrected chi connectivity index (χ1v) is 5.69. The van der Waals surface area contributed by atoms with Gasteiger partial charge in [0, 0.05) is 19.5 Å². The van der Waals surface area contributed by atoms with Gasteiger partial charge >= 0.3 is 0 Å². The van der Waals surface area contributed by atoms with E-state index in [1.54, 1.807) is 12.3 Å². The van der Waals surface area contributed by atoms with Crippen LogP contribution in [0.3, 0.4) is 0 Å². The molecule has 0 N–H and O–H groups in total. The van der Waals surface area contributed by atoms with Crippen LogP contribution in [0.1, 0.15) is 23.8 Å². The van der Waals surface area contributed by atoms with E-state index in [0.717, 1.165) is 18.8 Å². The third-order valence-electron chi connectivity index (χ3n) is 2.42. The van der Waals surface area contributed by atoms with Gasteiger partial charge in [-0.25, -0.2) is 0 Å². The maximum Gasteiger partial charge on any atom is 0.180 e. The van der Waals surface area contributed by atoms with Crippen molar-refractivity contribution in [3.63, 3.8) is 0 Å². The number of rotatable bonds is 7. The predicted octanol–water partition coefficient (Wildman–Crippen LogP) is 2.85. The largest absolute Gasteiger partial charge is 0.363 e. The van der Waals surface area contributed by atoms with Crippen molar-refractivity contribution in [2.24, 2.45) is 0 Å². The fourth-order valence-corrected chi connectivity index (χ4v) is 1.52. The molecule has 1 aromatic heterocycles. The van der Waals surface area contributed by atoms with Gasteiger partial charge in [-0.2, -0.15) is 0 Å². The first-order valence-electron chi connectivity index (χ1n) is 5.69. The second kappa shape index (κ2) is 6.63. The van der Waals surface area contributed by atoms with Crippen LogP contribution in [0, 0.1) is 0 Å². The lowest BCUT2D eigenvalue weighted by Gasteiger charge is -2.21. The molecule has 0 saturated heterocycles. The molecule has 3 nitrogen and oxygen atoms in total. The summed E-state index contributed by atoms with van der Waals surface area (Å²) in [4.78, 5) is 17.7. The first kappa shape index (κ1) is 13.2. The van der Waals surface area contributed by atoms with E-state index in [2.05, 4.69) is 23.0 Å². The van der Waals surface area contributed by atoms with Crippen molar-refractivity contribution in [2.45, 2.75) is 13.3 Å². The van der Waals surface area contributed by atoms with Gasteiger partial charge in [0.25, 0.3) is 0 Å². The molecule has 90 valence electrons. The number of carbonyl (C=O) groups excluding carboxylic acids is 1. The smallest absolute Gasteiger partial charge is 0.180 e. The second-order valence-electron chi connectivity index (χ2n) is 3.66. The van der Waals surface area contributed by atoms with Gasteiger partial charge in [0.15, 0.2) is 5.78 Å². The standard InChI is InChI=1S/C14H18N2O/c1-4-9-16(10-5-2)12-7-8-13(15-11-12)14(17)6-3/h4-5,7-8,11H,1-2,6,9-10H2,3H3. The molecule has 0 atom stereocenters. The molecule has 0 aliphatic heterocycles. The summed E-state index contributed by atoms with van der Waals surface area (Å²) >= 11 is 0. The van der Waals surface area contributed by atoms with Crippen LogP contribution in [-0.2, 0) is 0 Å². The Morgan fingerprint density at radius 1 is 1.35 bits per heavy atom. The number of Topliss-reactive ketones (excluding diaryl/α,β-unsaturated/α-hetero) is 1. The van der Waals surface area contributed by atoms with E-state index in [0.29, 0.717) is 12.1 Å². The fourth-order valence-electron chi connectivity index (χ4n) is 1.52. The van der Waals surface area contributed by atoms with E-state index in [4.69, 9.17) is 0 Å². The highest BCUT2D eigenvalue weighted by Crippen LogP contribution is 2.13. The average Bonchev–Trinajstić information content (AvgIpc) is 2.38. The Morgan fingerprint density at radius 2 is 2.00 bits per heavy atom. The summed E-state index contributed by atoms with van der Waals surface area (Å²) in [7, 11) is 0. The normalized spacial score (nSPS) is 9.71. The third kappa shape index (κ3) is 3.55. The van der Waals surface area contributed by atoms with Crippen molar-refractivity contribution in [1.29, 1.82) is 0 Å². The number of pyridine rings is 1. The predicted molar refractivity (Wildman–Crippen MR) is 71.5 cm³/mol. The minimum atomic E-state index is 0.0653. The SMILES string of the molecule is C=CCN(CC=C)c1ccc(C(=O)CC)nc1. The molecule has 0 unspecified atom stereocenters. The Hall–Kier alpha value is -1.90. The van der Waals surface area contributed by atoms with E-state index in [-0.39, 0.29) is 5.78 Å². The molecule has 0 bridgehead atoms. The summed E-state index contributed by atoms with van der Waals surface area (Å²) in [6, 6.07) is 3.67. The second-order valence-corrected chi connectivity index (χ2v) is 3.66. The highest BCUT2D eigenvalue weighted by Gasteiger charge is 2.07. The van der Waals surface area contributed by atoms with Gasteiger partial charge < -0.3 is 4.90 Å². The summed E-state index contributed by atoms with van der Waals surface area (Å²) in [6.07, 6.45) is 5.86. The fraction of sp³-hybridized carbons (Fsp3) is 0.286. The van der Waals surface area contributed by atoms with Crippen molar-refractivity contribution in [3.05, 3.63) is 49.3 Å². The number of hydrogen-bond acceptors (Lipinski definition) is 3.